The molecule has 1 heterocycles. The Kier molecular flexibility index (Phi) is 4.25. The third-order valence-electron chi connectivity index (χ3n) is 2.57. The van der Waals surface area contributed by atoms with Gasteiger partial charge < -0.3 is 10.4 Å². The fourth-order valence-corrected chi connectivity index (χ4v) is 1.48. The zero-order valence-electron chi connectivity index (χ0n) is 10.2. The quantitative estimate of drug-likeness (QED) is 0.790. The smallest absolute Gasteiger partial charge is 0.305 e. The van der Waals surface area contributed by atoms with E-state index in [9.17, 15) is 9.59 Å². The van der Waals surface area contributed by atoms with Gasteiger partial charge in [-0.1, -0.05) is 13.8 Å². The normalized spacial score (nSPS) is 12.5. The van der Waals surface area contributed by atoms with Crippen molar-refractivity contribution in [3.05, 3.63) is 18.0 Å². The van der Waals surface area contributed by atoms with Crippen LogP contribution in [-0.4, -0.2) is 32.8 Å². The lowest BCUT2D eigenvalue weighted by atomic mass is 10.0. The minimum atomic E-state index is -0.922. The number of amides is 1. The maximum atomic E-state index is 11.9. The molecule has 0 bridgehead atoms. The average Bonchev–Trinajstić information content (AvgIpc) is 2.62. The molecule has 1 atom stereocenters. The van der Waals surface area contributed by atoms with Crippen LogP contribution >= 0.6 is 0 Å². The van der Waals surface area contributed by atoms with E-state index in [1.165, 1.54) is 10.9 Å². The lowest BCUT2D eigenvalue weighted by molar-refractivity contribution is -0.137. The number of nitrogens with one attached hydrogen (secondary N) is 1. The van der Waals surface area contributed by atoms with Gasteiger partial charge in [0.25, 0.3) is 5.91 Å². The number of aliphatic carboxylic acids is 1. The van der Waals surface area contributed by atoms with Crippen LogP contribution in [0.3, 0.4) is 0 Å². The monoisotopic (exact) mass is 239 g/mol. The Bertz CT molecular complexity index is 412. The van der Waals surface area contributed by atoms with Crippen LogP contribution in [0.1, 0.15) is 30.8 Å². The zero-order chi connectivity index (χ0) is 13.0. The highest BCUT2D eigenvalue weighted by Crippen LogP contribution is 2.07. The van der Waals surface area contributed by atoms with E-state index in [-0.39, 0.29) is 24.3 Å². The highest BCUT2D eigenvalue weighted by atomic mass is 16.4. The number of carbonyl (C=O) groups is 2. The molecular weight excluding hydrogens is 222 g/mol. The van der Waals surface area contributed by atoms with Gasteiger partial charge in [-0.25, -0.2) is 0 Å². The summed E-state index contributed by atoms with van der Waals surface area (Å²) in [6, 6.07) is 1.21. The van der Waals surface area contributed by atoms with Crippen LogP contribution in [0.5, 0.6) is 0 Å². The number of nitrogens with zero attached hydrogens (tertiary/aromatic N) is 2. The van der Waals surface area contributed by atoms with Crippen LogP contribution in [0.4, 0.5) is 0 Å². The van der Waals surface area contributed by atoms with Crippen LogP contribution in [0.15, 0.2) is 12.3 Å². The van der Waals surface area contributed by atoms with Crippen LogP contribution in [0, 0.1) is 5.92 Å². The lowest BCUT2D eigenvalue weighted by Crippen LogP contribution is -2.40. The van der Waals surface area contributed by atoms with Gasteiger partial charge in [-0.3, -0.25) is 14.3 Å². The summed E-state index contributed by atoms with van der Waals surface area (Å²) in [5.41, 5.74) is 0.418. The zero-order valence-corrected chi connectivity index (χ0v) is 10.2. The largest absolute Gasteiger partial charge is 0.481 e. The van der Waals surface area contributed by atoms with E-state index in [2.05, 4.69) is 10.4 Å². The number of carbonyl (C=O) groups excluding carboxylic acids is 1. The molecule has 0 radical (unpaired) electrons. The summed E-state index contributed by atoms with van der Waals surface area (Å²) in [6.07, 6.45) is 1.44. The van der Waals surface area contributed by atoms with Gasteiger partial charge in [0.1, 0.15) is 5.69 Å². The summed E-state index contributed by atoms with van der Waals surface area (Å²) in [6.45, 7) is 3.74. The fraction of sp³-hybridized carbons (Fsp3) is 0.545. The van der Waals surface area contributed by atoms with Gasteiger partial charge in [0.05, 0.1) is 6.42 Å². The molecule has 0 aliphatic heterocycles. The Hall–Kier alpha value is -1.85. The highest BCUT2D eigenvalue weighted by molar-refractivity contribution is 5.92. The molecule has 0 saturated heterocycles. The number of hydrogen-bond acceptors (Lipinski definition) is 3. The molecule has 0 spiro atoms. The van der Waals surface area contributed by atoms with Crippen molar-refractivity contribution in [1.29, 1.82) is 0 Å². The molecule has 1 amide bonds. The number of aryl methyl sites for hydroxylation is 1. The predicted molar refractivity (Wildman–Crippen MR) is 61.6 cm³/mol. The van der Waals surface area contributed by atoms with Gasteiger partial charge in [-0.2, -0.15) is 5.10 Å². The predicted octanol–water partition coefficient (Wildman–Crippen LogP) is 0.649. The van der Waals surface area contributed by atoms with E-state index in [0.29, 0.717) is 5.69 Å². The van der Waals surface area contributed by atoms with Crippen LogP contribution in [0.25, 0.3) is 0 Å². The van der Waals surface area contributed by atoms with E-state index in [0.717, 1.165) is 0 Å². The third-order valence-corrected chi connectivity index (χ3v) is 2.57. The molecule has 0 aliphatic rings. The molecule has 1 aromatic heterocycles. The molecule has 2 N–H and O–H groups in total. The van der Waals surface area contributed by atoms with Crippen molar-refractivity contribution >= 4 is 11.9 Å². The summed E-state index contributed by atoms with van der Waals surface area (Å²) < 4.78 is 1.45. The molecule has 1 unspecified atom stereocenters. The summed E-state index contributed by atoms with van der Waals surface area (Å²) in [7, 11) is 1.66. The highest BCUT2D eigenvalue weighted by Gasteiger charge is 2.21. The first-order valence-electron chi connectivity index (χ1n) is 5.42. The minimum absolute atomic E-state index is 0.0586. The molecule has 0 aromatic carbocycles. The van der Waals surface area contributed by atoms with Gasteiger partial charge in [-0.05, 0) is 12.0 Å². The van der Waals surface area contributed by atoms with Gasteiger partial charge in [0, 0.05) is 19.3 Å². The van der Waals surface area contributed by atoms with Crippen molar-refractivity contribution < 1.29 is 14.7 Å². The summed E-state index contributed by atoms with van der Waals surface area (Å²) in [5, 5.41) is 15.4. The van der Waals surface area contributed by atoms with E-state index in [4.69, 9.17) is 5.11 Å². The summed E-state index contributed by atoms with van der Waals surface area (Å²) >= 11 is 0. The van der Waals surface area contributed by atoms with Crippen molar-refractivity contribution in [2.45, 2.75) is 26.3 Å². The average molecular weight is 239 g/mol. The second kappa shape index (κ2) is 5.47. The number of aromatic nitrogens is 2. The summed E-state index contributed by atoms with van der Waals surface area (Å²) in [4.78, 5) is 22.5. The molecule has 6 nitrogen and oxygen atoms in total. The first-order chi connectivity index (χ1) is 7.91. The number of carboxylic acid groups (broad SMARTS) is 1. The number of hydrogen-bond donors (Lipinski definition) is 2. The standard InChI is InChI=1S/C11H17N3O3/c1-7(2)8(6-10(15)16)13-11(17)9-4-5-12-14(9)3/h4-5,7-8H,6H2,1-3H3,(H,13,17)(H,15,16). The van der Waals surface area contributed by atoms with Gasteiger partial charge >= 0.3 is 5.97 Å². The first-order valence-corrected chi connectivity index (χ1v) is 5.42. The van der Waals surface area contributed by atoms with Gasteiger partial charge in [0.15, 0.2) is 0 Å². The maximum Gasteiger partial charge on any atom is 0.305 e. The molecule has 1 rings (SSSR count). The van der Waals surface area contributed by atoms with E-state index in [1.54, 1.807) is 13.1 Å². The van der Waals surface area contributed by atoms with Gasteiger partial charge in [-0.15, -0.1) is 0 Å². The fourth-order valence-electron chi connectivity index (χ4n) is 1.48. The van der Waals surface area contributed by atoms with Crippen molar-refractivity contribution in [3.63, 3.8) is 0 Å². The van der Waals surface area contributed by atoms with Crippen molar-refractivity contribution in [1.82, 2.24) is 15.1 Å². The molecule has 0 aliphatic carbocycles. The number of rotatable bonds is 5. The van der Waals surface area contributed by atoms with Crippen molar-refractivity contribution in [2.24, 2.45) is 13.0 Å². The molecule has 94 valence electrons. The third kappa shape index (κ3) is 3.58. The lowest BCUT2D eigenvalue weighted by Gasteiger charge is -2.20. The van der Waals surface area contributed by atoms with Gasteiger partial charge in [0.2, 0.25) is 0 Å². The summed E-state index contributed by atoms with van der Waals surface area (Å²) in [5.74, 6) is -1.16. The Balaban J connectivity index is 2.71. The van der Waals surface area contributed by atoms with Crippen molar-refractivity contribution in [3.8, 4) is 0 Å². The van der Waals surface area contributed by atoms with Crippen LogP contribution in [-0.2, 0) is 11.8 Å². The molecule has 0 saturated carbocycles. The second-order valence-electron chi connectivity index (χ2n) is 4.26. The SMILES string of the molecule is CC(C)C(CC(=O)O)NC(=O)c1ccnn1C. The minimum Gasteiger partial charge on any atom is -0.481 e. The van der Waals surface area contributed by atoms with E-state index < -0.39 is 5.97 Å². The van der Waals surface area contributed by atoms with E-state index >= 15 is 0 Å². The van der Waals surface area contributed by atoms with Crippen LogP contribution < -0.4 is 5.32 Å². The Morgan fingerprint density at radius 3 is 2.59 bits per heavy atom. The molecule has 0 fully saturated rings. The Labute approximate surface area is 99.6 Å². The Morgan fingerprint density at radius 2 is 2.18 bits per heavy atom. The first kappa shape index (κ1) is 13.2. The van der Waals surface area contributed by atoms with Crippen molar-refractivity contribution in [2.75, 3.05) is 0 Å². The second-order valence-corrected chi connectivity index (χ2v) is 4.26. The molecule has 1 aromatic rings. The molecule has 6 heteroatoms. The number of carboxylic acids is 1. The van der Waals surface area contributed by atoms with Crippen LogP contribution in [0.2, 0.25) is 0 Å². The van der Waals surface area contributed by atoms with E-state index in [1.807, 2.05) is 13.8 Å². The molecule has 17 heavy (non-hydrogen) atoms. The topological polar surface area (TPSA) is 84.2 Å². The maximum absolute atomic E-state index is 11.9. The Morgan fingerprint density at radius 1 is 1.53 bits per heavy atom. The molecular formula is C11H17N3O3.